The number of rotatable bonds is 3. The van der Waals surface area contributed by atoms with Crippen LogP contribution in [0.4, 0.5) is 0 Å². The Morgan fingerprint density at radius 3 is 1.67 bits per heavy atom. The van der Waals surface area contributed by atoms with Crippen LogP contribution < -0.4 is 0 Å². The Bertz CT molecular complexity index is 3040. The highest BCUT2D eigenvalue weighted by atomic mass is 16.3. The van der Waals surface area contributed by atoms with Gasteiger partial charge in [-0.25, -0.2) is 0 Å². The van der Waals surface area contributed by atoms with Crippen molar-refractivity contribution in [2.75, 3.05) is 0 Å². The molecular formula is C51H34O. The Kier molecular flexibility index (Phi) is 6.08. The molecule has 10 aromatic rings. The molecule has 1 aromatic heterocycles. The van der Waals surface area contributed by atoms with Gasteiger partial charge in [0, 0.05) is 21.8 Å². The van der Waals surface area contributed by atoms with Crippen LogP contribution in [-0.4, -0.2) is 0 Å². The summed E-state index contributed by atoms with van der Waals surface area (Å²) < 4.78 is 6.49. The molecule has 9 aromatic carbocycles. The molecule has 0 radical (unpaired) electrons. The molecular weight excluding hydrogens is 629 g/mol. The van der Waals surface area contributed by atoms with E-state index in [9.17, 15) is 0 Å². The van der Waals surface area contributed by atoms with Crippen LogP contribution in [0.25, 0.3) is 98.8 Å². The molecule has 0 fully saturated rings. The van der Waals surface area contributed by atoms with Gasteiger partial charge < -0.3 is 4.42 Å². The number of hydrogen-bond donors (Lipinski definition) is 0. The molecule has 0 amide bonds. The van der Waals surface area contributed by atoms with Gasteiger partial charge in [-0.05, 0) is 107 Å². The van der Waals surface area contributed by atoms with Crippen molar-refractivity contribution in [3.63, 3.8) is 0 Å². The summed E-state index contributed by atoms with van der Waals surface area (Å²) in [5, 5.41) is 9.93. The van der Waals surface area contributed by atoms with E-state index in [2.05, 4.69) is 178 Å². The summed E-state index contributed by atoms with van der Waals surface area (Å²) in [4.78, 5) is 0. The third-order valence-electron chi connectivity index (χ3n) is 11.6. The fraction of sp³-hybridized carbons (Fsp3) is 0.0588. The van der Waals surface area contributed by atoms with Gasteiger partial charge in [-0.1, -0.05) is 159 Å². The Balaban J connectivity index is 1.16. The highest BCUT2D eigenvalue weighted by molar-refractivity contribution is 6.22. The van der Waals surface area contributed by atoms with Crippen LogP contribution in [-0.2, 0) is 5.41 Å². The van der Waals surface area contributed by atoms with Gasteiger partial charge in [0.1, 0.15) is 11.2 Å². The zero-order chi connectivity index (χ0) is 34.6. The Morgan fingerprint density at radius 1 is 0.385 bits per heavy atom. The van der Waals surface area contributed by atoms with E-state index in [-0.39, 0.29) is 5.41 Å². The minimum atomic E-state index is -0.168. The van der Waals surface area contributed by atoms with E-state index >= 15 is 0 Å². The van der Waals surface area contributed by atoms with Gasteiger partial charge in [0.2, 0.25) is 0 Å². The second-order valence-electron chi connectivity index (χ2n) is 14.8. The molecule has 0 N–H and O–H groups in total. The van der Waals surface area contributed by atoms with Gasteiger partial charge in [0.15, 0.2) is 0 Å². The molecule has 0 saturated carbocycles. The van der Waals surface area contributed by atoms with E-state index in [1.165, 1.54) is 76.8 Å². The van der Waals surface area contributed by atoms with Gasteiger partial charge in [0.25, 0.3) is 0 Å². The van der Waals surface area contributed by atoms with Crippen LogP contribution in [0.1, 0.15) is 25.0 Å². The molecule has 244 valence electrons. The van der Waals surface area contributed by atoms with Crippen LogP contribution in [0, 0.1) is 0 Å². The lowest BCUT2D eigenvalue weighted by Gasteiger charge is -2.26. The molecule has 1 heterocycles. The molecule has 1 aliphatic rings. The van der Waals surface area contributed by atoms with E-state index in [1.807, 2.05) is 6.07 Å². The normalized spacial score (nSPS) is 13.3. The largest absolute Gasteiger partial charge is 0.455 e. The molecule has 0 spiro atoms. The van der Waals surface area contributed by atoms with Crippen molar-refractivity contribution in [2.24, 2.45) is 0 Å². The summed E-state index contributed by atoms with van der Waals surface area (Å²) in [6.07, 6.45) is 0. The van der Waals surface area contributed by atoms with Gasteiger partial charge in [-0.2, -0.15) is 0 Å². The molecule has 0 unspecified atom stereocenters. The summed E-state index contributed by atoms with van der Waals surface area (Å²) in [7, 11) is 0. The minimum absolute atomic E-state index is 0.168. The maximum absolute atomic E-state index is 6.49. The molecule has 1 aliphatic carbocycles. The van der Waals surface area contributed by atoms with Crippen molar-refractivity contribution < 1.29 is 4.42 Å². The first-order valence-corrected chi connectivity index (χ1v) is 18.2. The summed E-state index contributed by atoms with van der Waals surface area (Å²) in [6, 6.07) is 62.4. The predicted octanol–water partition coefficient (Wildman–Crippen LogP) is 14.4. The first kappa shape index (κ1) is 29.3. The van der Waals surface area contributed by atoms with E-state index < -0.39 is 0 Å². The lowest BCUT2D eigenvalue weighted by atomic mass is 9.76. The average molecular weight is 663 g/mol. The van der Waals surface area contributed by atoms with E-state index in [1.54, 1.807) is 0 Å². The lowest BCUT2D eigenvalue weighted by Crippen LogP contribution is -2.16. The molecule has 11 rings (SSSR count). The molecule has 1 nitrogen and oxygen atoms in total. The summed E-state index contributed by atoms with van der Waals surface area (Å²) >= 11 is 0. The zero-order valence-corrected chi connectivity index (χ0v) is 29.1. The van der Waals surface area contributed by atoms with Gasteiger partial charge in [-0.15, -0.1) is 0 Å². The standard InChI is InChI=1S/C51H34O/c1-51(2)45-30-32-15-4-3-14-31(32)29-44(45)41-24-13-26-43(49(41)51)48-39-21-7-5-19-37(39)47(38-20-6-8-22-40(38)48)34-17-11-16-33(28-34)35-23-12-25-42-36-18-9-10-27-46(36)52-50(35)42/h3-30H,1-2H3. The Labute approximate surface area is 302 Å². The topological polar surface area (TPSA) is 13.1 Å². The van der Waals surface area contributed by atoms with E-state index in [4.69, 9.17) is 4.42 Å². The average Bonchev–Trinajstić information content (AvgIpc) is 3.68. The smallest absolute Gasteiger partial charge is 0.143 e. The summed E-state index contributed by atoms with van der Waals surface area (Å²) in [5.41, 5.74) is 14.5. The van der Waals surface area contributed by atoms with Gasteiger partial charge in [-0.3, -0.25) is 0 Å². The fourth-order valence-electron chi connectivity index (χ4n) is 9.32. The molecule has 1 heteroatoms. The quantitative estimate of drug-likeness (QED) is 0.172. The molecule has 0 atom stereocenters. The summed E-state index contributed by atoms with van der Waals surface area (Å²) in [6.45, 7) is 4.81. The van der Waals surface area contributed by atoms with Gasteiger partial charge in [0.05, 0.1) is 0 Å². The second kappa shape index (κ2) is 10.8. The van der Waals surface area contributed by atoms with Crippen LogP contribution in [0.3, 0.4) is 0 Å². The lowest BCUT2D eigenvalue weighted by molar-refractivity contribution is 0.663. The van der Waals surface area contributed by atoms with Crippen LogP contribution in [0.15, 0.2) is 174 Å². The van der Waals surface area contributed by atoms with E-state index in [0.29, 0.717) is 0 Å². The Morgan fingerprint density at radius 2 is 0.923 bits per heavy atom. The van der Waals surface area contributed by atoms with Crippen molar-refractivity contribution >= 4 is 54.3 Å². The van der Waals surface area contributed by atoms with Crippen LogP contribution >= 0.6 is 0 Å². The fourth-order valence-corrected chi connectivity index (χ4v) is 9.32. The second-order valence-corrected chi connectivity index (χ2v) is 14.8. The molecule has 0 bridgehead atoms. The first-order chi connectivity index (χ1) is 25.6. The monoisotopic (exact) mass is 662 g/mol. The van der Waals surface area contributed by atoms with Crippen LogP contribution in [0.2, 0.25) is 0 Å². The van der Waals surface area contributed by atoms with E-state index in [0.717, 1.165) is 33.1 Å². The number of furan rings is 1. The van der Waals surface area contributed by atoms with Crippen molar-refractivity contribution in [2.45, 2.75) is 19.3 Å². The number of para-hydroxylation sites is 2. The number of benzene rings is 9. The van der Waals surface area contributed by atoms with Gasteiger partial charge >= 0.3 is 0 Å². The van der Waals surface area contributed by atoms with Crippen molar-refractivity contribution in [3.8, 4) is 44.5 Å². The molecule has 0 saturated heterocycles. The maximum atomic E-state index is 6.49. The number of hydrogen-bond acceptors (Lipinski definition) is 1. The third kappa shape index (κ3) is 4.05. The van der Waals surface area contributed by atoms with Crippen molar-refractivity contribution in [1.29, 1.82) is 0 Å². The van der Waals surface area contributed by atoms with Crippen molar-refractivity contribution in [1.82, 2.24) is 0 Å². The third-order valence-corrected chi connectivity index (χ3v) is 11.6. The predicted molar refractivity (Wildman–Crippen MR) is 220 cm³/mol. The SMILES string of the molecule is CC1(C)c2cc3ccccc3cc2-c2cccc(-c3c4ccccc4c(-c4cccc(-c5cccc6c5oc5ccccc56)c4)c4ccccc34)c21. The highest BCUT2D eigenvalue weighted by Gasteiger charge is 2.38. The number of fused-ring (bicyclic) bond motifs is 9. The van der Waals surface area contributed by atoms with Crippen LogP contribution in [0.5, 0.6) is 0 Å². The minimum Gasteiger partial charge on any atom is -0.455 e. The van der Waals surface area contributed by atoms with Crippen molar-refractivity contribution in [3.05, 3.63) is 181 Å². The maximum Gasteiger partial charge on any atom is 0.143 e. The molecule has 0 aliphatic heterocycles. The zero-order valence-electron chi connectivity index (χ0n) is 29.1. The first-order valence-electron chi connectivity index (χ1n) is 18.2. The highest BCUT2D eigenvalue weighted by Crippen LogP contribution is 2.55. The molecule has 52 heavy (non-hydrogen) atoms. The summed E-state index contributed by atoms with van der Waals surface area (Å²) in [5.74, 6) is 0. The Hall–Kier alpha value is -6.44.